The van der Waals surface area contributed by atoms with Crippen molar-refractivity contribution in [2.45, 2.75) is 27.2 Å². The molecule has 1 aliphatic heterocycles. The van der Waals surface area contributed by atoms with Crippen molar-refractivity contribution in [1.82, 2.24) is 20.9 Å². The zero-order valence-corrected chi connectivity index (χ0v) is 19.9. The SMILES string of the molecule is CN=C(NCCNC(=O)C(C)(C)C)NCCN1C(=O)C2C3C=CC(C3)C2C1=O.I. The van der Waals surface area contributed by atoms with Crippen molar-refractivity contribution < 1.29 is 14.4 Å². The zero-order chi connectivity index (χ0) is 20.5. The van der Waals surface area contributed by atoms with Gasteiger partial charge in [-0.25, -0.2) is 0 Å². The topological polar surface area (TPSA) is 103 Å². The molecule has 162 valence electrons. The highest BCUT2D eigenvalue weighted by atomic mass is 127. The summed E-state index contributed by atoms with van der Waals surface area (Å²) in [5.41, 5.74) is -0.415. The lowest BCUT2D eigenvalue weighted by Crippen LogP contribution is -2.46. The molecule has 2 fully saturated rings. The van der Waals surface area contributed by atoms with Crippen LogP contribution < -0.4 is 16.0 Å². The summed E-state index contributed by atoms with van der Waals surface area (Å²) in [6.45, 7) is 7.40. The van der Waals surface area contributed by atoms with Crippen molar-refractivity contribution in [3.05, 3.63) is 12.2 Å². The Morgan fingerprint density at radius 3 is 2.07 bits per heavy atom. The number of rotatable bonds is 6. The third-order valence-corrected chi connectivity index (χ3v) is 5.80. The molecule has 3 N–H and O–H groups in total. The highest BCUT2D eigenvalue weighted by molar-refractivity contribution is 14.0. The van der Waals surface area contributed by atoms with E-state index in [1.807, 2.05) is 20.8 Å². The molecular weight excluding hydrogens is 485 g/mol. The zero-order valence-electron chi connectivity index (χ0n) is 17.5. The van der Waals surface area contributed by atoms with Crippen LogP contribution in [0.3, 0.4) is 0 Å². The number of hydrogen-bond donors (Lipinski definition) is 3. The number of amides is 3. The smallest absolute Gasteiger partial charge is 0.233 e. The van der Waals surface area contributed by atoms with E-state index in [1.165, 1.54) is 4.90 Å². The normalized spacial score (nSPS) is 27.7. The molecule has 1 saturated carbocycles. The van der Waals surface area contributed by atoms with Crippen LogP contribution in [0.4, 0.5) is 0 Å². The van der Waals surface area contributed by atoms with Crippen LogP contribution in [0.15, 0.2) is 17.1 Å². The lowest BCUT2D eigenvalue weighted by atomic mass is 9.85. The molecule has 0 radical (unpaired) electrons. The lowest BCUT2D eigenvalue weighted by Gasteiger charge is -2.19. The number of aliphatic imine (C=N–C) groups is 1. The van der Waals surface area contributed by atoms with Crippen LogP contribution in [0.1, 0.15) is 27.2 Å². The lowest BCUT2D eigenvalue weighted by molar-refractivity contribution is -0.140. The van der Waals surface area contributed by atoms with Crippen molar-refractivity contribution in [1.29, 1.82) is 0 Å². The van der Waals surface area contributed by atoms with Gasteiger partial charge in [0.1, 0.15) is 0 Å². The average molecular weight is 517 g/mol. The number of fused-ring (bicyclic) bond motifs is 5. The fourth-order valence-corrected chi connectivity index (χ4v) is 4.31. The molecule has 1 saturated heterocycles. The summed E-state index contributed by atoms with van der Waals surface area (Å²) >= 11 is 0. The van der Waals surface area contributed by atoms with E-state index in [-0.39, 0.29) is 65.4 Å². The fourth-order valence-electron chi connectivity index (χ4n) is 4.31. The van der Waals surface area contributed by atoms with Gasteiger partial charge in [0.15, 0.2) is 5.96 Å². The Labute approximate surface area is 189 Å². The number of likely N-dealkylation sites (tertiary alicyclic amines) is 1. The predicted octanol–water partition coefficient (Wildman–Crippen LogP) is 0.739. The van der Waals surface area contributed by atoms with Crippen LogP contribution in [0, 0.1) is 29.1 Å². The summed E-state index contributed by atoms with van der Waals surface area (Å²) in [5.74, 6) is 0.702. The molecule has 3 rings (SSSR count). The maximum Gasteiger partial charge on any atom is 0.233 e. The first-order chi connectivity index (χ1) is 13.2. The minimum atomic E-state index is -0.415. The van der Waals surface area contributed by atoms with Gasteiger partial charge in [0.2, 0.25) is 17.7 Å². The number of carbonyl (C=O) groups is 3. The molecule has 4 atom stereocenters. The van der Waals surface area contributed by atoms with Crippen molar-refractivity contribution in [3.63, 3.8) is 0 Å². The molecule has 0 spiro atoms. The van der Waals surface area contributed by atoms with Crippen LogP contribution in [0.25, 0.3) is 0 Å². The third-order valence-electron chi connectivity index (χ3n) is 5.80. The largest absolute Gasteiger partial charge is 0.355 e. The van der Waals surface area contributed by atoms with E-state index in [0.717, 1.165) is 6.42 Å². The van der Waals surface area contributed by atoms with Crippen LogP contribution in [-0.2, 0) is 14.4 Å². The Kier molecular flexibility index (Phi) is 7.69. The van der Waals surface area contributed by atoms with E-state index >= 15 is 0 Å². The van der Waals surface area contributed by atoms with Crippen molar-refractivity contribution >= 4 is 47.7 Å². The number of hydrogen-bond acceptors (Lipinski definition) is 4. The number of nitrogens with one attached hydrogen (secondary N) is 3. The molecule has 8 nitrogen and oxygen atoms in total. The van der Waals surface area contributed by atoms with Gasteiger partial charge in [-0.1, -0.05) is 32.9 Å². The second-order valence-corrected chi connectivity index (χ2v) is 8.76. The number of nitrogens with zero attached hydrogens (tertiary/aromatic N) is 2. The van der Waals surface area contributed by atoms with Gasteiger partial charge < -0.3 is 16.0 Å². The Morgan fingerprint density at radius 2 is 1.55 bits per heavy atom. The molecule has 2 aliphatic carbocycles. The van der Waals surface area contributed by atoms with E-state index in [0.29, 0.717) is 32.1 Å². The minimum Gasteiger partial charge on any atom is -0.355 e. The number of allylic oxidation sites excluding steroid dienone is 2. The van der Waals surface area contributed by atoms with E-state index in [2.05, 4.69) is 33.1 Å². The fraction of sp³-hybridized carbons (Fsp3) is 0.700. The van der Waals surface area contributed by atoms with Crippen molar-refractivity contribution in [2.75, 3.05) is 33.2 Å². The summed E-state index contributed by atoms with van der Waals surface area (Å²) in [6.07, 6.45) is 5.15. The van der Waals surface area contributed by atoms with E-state index < -0.39 is 5.41 Å². The predicted molar refractivity (Wildman–Crippen MR) is 122 cm³/mol. The Morgan fingerprint density at radius 1 is 1.03 bits per heavy atom. The monoisotopic (exact) mass is 517 g/mol. The summed E-state index contributed by atoms with van der Waals surface area (Å²) in [6, 6.07) is 0. The Balaban J connectivity index is 0.00000300. The molecule has 0 aromatic rings. The Bertz CT molecular complexity index is 685. The quantitative estimate of drug-likeness (QED) is 0.121. The van der Waals surface area contributed by atoms with E-state index in [1.54, 1.807) is 7.05 Å². The molecule has 9 heteroatoms. The average Bonchev–Trinajstić information content (AvgIpc) is 3.31. The van der Waals surface area contributed by atoms with E-state index in [4.69, 9.17) is 0 Å². The van der Waals surface area contributed by atoms with Crippen LogP contribution in [0.2, 0.25) is 0 Å². The molecule has 0 aromatic heterocycles. The molecule has 3 amide bonds. The van der Waals surface area contributed by atoms with Crippen LogP contribution in [-0.4, -0.2) is 61.8 Å². The van der Waals surface area contributed by atoms with Gasteiger partial charge >= 0.3 is 0 Å². The van der Waals surface area contributed by atoms with E-state index in [9.17, 15) is 14.4 Å². The summed E-state index contributed by atoms with van der Waals surface area (Å²) < 4.78 is 0. The third kappa shape index (κ3) is 4.92. The number of halogens is 1. The van der Waals surface area contributed by atoms with Gasteiger partial charge in [-0.15, -0.1) is 24.0 Å². The maximum atomic E-state index is 12.6. The van der Waals surface area contributed by atoms with Gasteiger partial charge in [0.25, 0.3) is 0 Å². The van der Waals surface area contributed by atoms with Gasteiger partial charge in [0, 0.05) is 38.6 Å². The number of carbonyl (C=O) groups excluding carboxylic acids is 3. The molecule has 4 unspecified atom stereocenters. The summed E-state index contributed by atoms with van der Waals surface area (Å²) in [4.78, 5) is 42.7. The molecule has 2 bridgehead atoms. The van der Waals surface area contributed by atoms with Crippen molar-refractivity contribution in [3.8, 4) is 0 Å². The highest BCUT2D eigenvalue weighted by Crippen LogP contribution is 2.52. The molecule has 0 aromatic carbocycles. The first-order valence-corrected chi connectivity index (χ1v) is 10.0. The van der Waals surface area contributed by atoms with Gasteiger partial charge in [-0.3, -0.25) is 24.3 Å². The standard InChI is InChI=1S/C20H31N5O3.HI/c1-20(2,3)18(28)22-7-8-23-19(21-4)24-9-10-25-16(26)14-12-5-6-13(11-12)15(14)17(25)27;/h5-6,12-15H,7-11H2,1-4H3,(H,22,28)(H2,21,23,24);1H. The summed E-state index contributed by atoms with van der Waals surface area (Å²) in [7, 11) is 1.66. The van der Waals surface area contributed by atoms with Gasteiger partial charge in [-0.2, -0.15) is 0 Å². The maximum absolute atomic E-state index is 12.6. The minimum absolute atomic E-state index is 0. The first kappa shape index (κ1) is 23.6. The number of imide groups is 1. The molecule has 3 aliphatic rings. The van der Waals surface area contributed by atoms with Crippen LogP contribution in [0.5, 0.6) is 0 Å². The van der Waals surface area contributed by atoms with Gasteiger partial charge in [-0.05, 0) is 18.3 Å². The highest BCUT2D eigenvalue weighted by Gasteiger charge is 2.58. The van der Waals surface area contributed by atoms with Gasteiger partial charge in [0.05, 0.1) is 11.8 Å². The second-order valence-electron chi connectivity index (χ2n) is 8.76. The molecular formula is C20H32IN5O3. The number of guanidine groups is 1. The van der Waals surface area contributed by atoms with Crippen molar-refractivity contribution in [2.24, 2.45) is 34.1 Å². The van der Waals surface area contributed by atoms with Crippen LogP contribution >= 0.6 is 24.0 Å². The Hall–Kier alpha value is -1.65. The summed E-state index contributed by atoms with van der Waals surface area (Å²) in [5, 5.41) is 9.10. The first-order valence-electron chi connectivity index (χ1n) is 10.0. The molecule has 1 heterocycles. The second kappa shape index (κ2) is 9.44. The molecule has 29 heavy (non-hydrogen) atoms.